The minimum atomic E-state index is -0.894. The number of nitro benzene ring substituents is 1. The summed E-state index contributed by atoms with van der Waals surface area (Å²) in [5, 5.41) is 16.5. The van der Waals surface area contributed by atoms with E-state index < -0.39 is 23.0 Å². The van der Waals surface area contributed by atoms with Crippen LogP contribution in [0.2, 0.25) is 5.02 Å². The second-order valence-electron chi connectivity index (χ2n) is 5.82. The molecule has 0 radical (unpaired) electrons. The summed E-state index contributed by atoms with van der Waals surface area (Å²) in [7, 11) is 0. The van der Waals surface area contributed by atoms with E-state index in [0.717, 1.165) is 5.01 Å². The van der Waals surface area contributed by atoms with E-state index in [9.17, 15) is 19.7 Å². The van der Waals surface area contributed by atoms with Gasteiger partial charge in [0.2, 0.25) is 18.0 Å². The third kappa shape index (κ3) is 3.94. The number of hydrogen-bond acceptors (Lipinski definition) is 7. The van der Waals surface area contributed by atoms with Crippen LogP contribution in [0.25, 0.3) is 0 Å². The Morgan fingerprint density at radius 1 is 1.21 bits per heavy atom. The van der Waals surface area contributed by atoms with E-state index in [2.05, 4.69) is 5.10 Å². The van der Waals surface area contributed by atoms with E-state index in [1.807, 2.05) is 0 Å². The highest BCUT2D eigenvalue weighted by Crippen LogP contribution is 2.33. The van der Waals surface area contributed by atoms with Crippen molar-refractivity contribution in [1.29, 1.82) is 0 Å². The number of ether oxygens (including phenoxy) is 2. The molecule has 0 unspecified atom stereocenters. The number of halogens is 1. The summed E-state index contributed by atoms with van der Waals surface area (Å²) >= 11 is 6.14. The van der Waals surface area contributed by atoms with E-state index in [0.29, 0.717) is 11.3 Å². The van der Waals surface area contributed by atoms with Crippen LogP contribution in [-0.4, -0.2) is 27.7 Å². The van der Waals surface area contributed by atoms with Crippen molar-refractivity contribution in [3.8, 4) is 5.75 Å². The first kappa shape index (κ1) is 19.3. The average Bonchev–Trinajstić information content (AvgIpc) is 3.07. The zero-order valence-electron chi connectivity index (χ0n) is 14.8. The SMILES string of the molecule is CC(=O)Oc1ccc([C@@H]2OC(c3cc([N+](=O)[O-])ccc3Cl)=NN2C(C)=O)cc1. The normalized spacial score (nSPS) is 15.6. The van der Waals surface area contributed by atoms with Crippen molar-refractivity contribution in [2.24, 2.45) is 5.10 Å². The molecular weight excluding hydrogens is 390 g/mol. The van der Waals surface area contributed by atoms with Crippen LogP contribution in [0.3, 0.4) is 0 Å². The minimum absolute atomic E-state index is 0.0158. The third-order valence-electron chi connectivity index (χ3n) is 3.78. The van der Waals surface area contributed by atoms with Crippen molar-refractivity contribution in [1.82, 2.24) is 5.01 Å². The molecule has 28 heavy (non-hydrogen) atoms. The Bertz CT molecular complexity index is 989. The number of amides is 1. The standard InChI is InChI=1S/C18H14ClN3O6/c1-10(23)21-18(12-3-6-14(7-4-12)27-11(2)24)28-17(20-21)15-9-13(22(25)26)5-8-16(15)19/h3-9,18H,1-2H3/t18-/m0/s1. The molecule has 0 aliphatic carbocycles. The van der Waals surface area contributed by atoms with E-state index in [1.165, 1.54) is 32.0 Å². The Hall–Kier alpha value is -3.46. The molecular formula is C18H14ClN3O6. The van der Waals surface area contributed by atoms with Gasteiger partial charge in [0.05, 0.1) is 15.5 Å². The fraction of sp³-hybridized carbons (Fsp3) is 0.167. The molecule has 0 spiro atoms. The van der Waals surface area contributed by atoms with Crippen LogP contribution in [0.1, 0.15) is 31.2 Å². The van der Waals surface area contributed by atoms with Crippen LogP contribution < -0.4 is 4.74 Å². The maximum atomic E-state index is 12.0. The molecule has 1 atom stereocenters. The molecule has 1 aliphatic rings. The second-order valence-corrected chi connectivity index (χ2v) is 6.23. The molecule has 0 aromatic heterocycles. The van der Waals surface area contributed by atoms with Gasteiger partial charge < -0.3 is 9.47 Å². The van der Waals surface area contributed by atoms with Crippen molar-refractivity contribution < 1.29 is 24.0 Å². The first-order valence-electron chi connectivity index (χ1n) is 8.04. The predicted molar refractivity (Wildman–Crippen MR) is 98.7 cm³/mol. The van der Waals surface area contributed by atoms with Gasteiger partial charge in [-0.3, -0.25) is 19.7 Å². The number of hydrogen-bond donors (Lipinski definition) is 0. The van der Waals surface area contributed by atoms with E-state index in [4.69, 9.17) is 21.1 Å². The van der Waals surface area contributed by atoms with Crippen LogP contribution in [0.4, 0.5) is 5.69 Å². The quantitative estimate of drug-likeness (QED) is 0.334. The van der Waals surface area contributed by atoms with Gasteiger partial charge in [0.1, 0.15) is 5.75 Å². The molecule has 0 saturated carbocycles. The number of nitrogens with zero attached hydrogens (tertiary/aromatic N) is 3. The number of rotatable bonds is 4. The Kier molecular flexibility index (Phi) is 5.27. The maximum absolute atomic E-state index is 12.0. The fourth-order valence-corrected chi connectivity index (χ4v) is 2.75. The van der Waals surface area contributed by atoms with Crippen LogP contribution in [-0.2, 0) is 14.3 Å². The molecule has 2 aromatic carbocycles. The average molecular weight is 404 g/mol. The number of esters is 1. The topological polar surface area (TPSA) is 111 Å². The number of non-ortho nitro benzene ring substituents is 1. The summed E-state index contributed by atoms with van der Waals surface area (Å²) in [6.07, 6.45) is -0.894. The molecule has 1 aliphatic heterocycles. The Balaban J connectivity index is 1.93. The smallest absolute Gasteiger partial charge is 0.308 e. The van der Waals surface area contributed by atoms with Gasteiger partial charge in [-0.25, -0.2) is 0 Å². The summed E-state index contributed by atoms with van der Waals surface area (Å²) in [6.45, 7) is 2.60. The first-order chi connectivity index (χ1) is 13.3. The van der Waals surface area contributed by atoms with Crippen LogP contribution in [0, 0.1) is 10.1 Å². The van der Waals surface area contributed by atoms with Gasteiger partial charge in [0, 0.05) is 31.5 Å². The van der Waals surface area contributed by atoms with Gasteiger partial charge in [0.15, 0.2) is 0 Å². The summed E-state index contributed by atoms with van der Waals surface area (Å²) in [4.78, 5) is 33.5. The van der Waals surface area contributed by atoms with Gasteiger partial charge in [-0.05, 0) is 30.3 Å². The number of carbonyl (C=O) groups is 2. The highest BCUT2D eigenvalue weighted by molar-refractivity contribution is 6.34. The molecule has 9 nitrogen and oxygen atoms in total. The van der Waals surface area contributed by atoms with Crippen molar-refractivity contribution >= 4 is 35.1 Å². The van der Waals surface area contributed by atoms with Crippen molar-refractivity contribution in [2.45, 2.75) is 20.1 Å². The monoisotopic (exact) mass is 403 g/mol. The van der Waals surface area contributed by atoms with Crippen molar-refractivity contribution in [3.05, 3.63) is 68.7 Å². The van der Waals surface area contributed by atoms with Gasteiger partial charge in [0.25, 0.3) is 5.69 Å². The van der Waals surface area contributed by atoms with E-state index in [1.54, 1.807) is 24.3 Å². The number of benzene rings is 2. The van der Waals surface area contributed by atoms with Crippen LogP contribution in [0.15, 0.2) is 47.6 Å². The lowest BCUT2D eigenvalue weighted by Gasteiger charge is -2.19. The van der Waals surface area contributed by atoms with Crippen molar-refractivity contribution in [2.75, 3.05) is 0 Å². The van der Waals surface area contributed by atoms with Crippen molar-refractivity contribution in [3.63, 3.8) is 0 Å². The van der Waals surface area contributed by atoms with Crippen LogP contribution >= 0.6 is 11.6 Å². The molecule has 3 rings (SSSR count). The molecule has 1 heterocycles. The third-order valence-corrected chi connectivity index (χ3v) is 4.11. The summed E-state index contributed by atoms with van der Waals surface area (Å²) < 4.78 is 10.8. The lowest BCUT2D eigenvalue weighted by atomic mass is 10.1. The number of nitro groups is 1. The van der Waals surface area contributed by atoms with E-state index in [-0.39, 0.29) is 22.2 Å². The second kappa shape index (κ2) is 7.65. The molecule has 10 heteroatoms. The predicted octanol–water partition coefficient (Wildman–Crippen LogP) is 3.41. The molecule has 0 saturated heterocycles. The minimum Gasteiger partial charge on any atom is -0.446 e. The zero-order valence-corrected chi connectivity index (χ0v) is 15.5. The van der Waals surface area contributed by atoms with Gasteiger partial charge >= 0.3 is 5.97 Å². The molecule has 144 valence electrons. The van der Waals surface area contributed by atoms with Gasteiger partial charge in [-0.2, -0.15) is 5.01 Å². The number of hydrazone groups is 1. The van der Waals surface area contributed by atoms with Gasteiger partial charge in [-0.15, -0.1) is 5.10 Å². The van der Waals surface area contributed by atoms with Crippen LogP contribution in [0.5, 0.6) is 5.75 Å². The largest absolute Gasteiger partial charge is 0.446 e. The molecule has 2 aromatic rings. The summed E-state index contributed by atoms with van der Waals surface area (Å²) in [5.74, 6) is -0.531. The lowest BCUT2D eigenvalue weighted by molar-refractivity contribution is -0.384. The fourth-order valence-electron chi connectivity index (χ4n) is 2.55. The van der Waals surface area contributed by atoms with Gasteiger partial charge in [-0.1, -0.05) is 11.6 Å². The Morgan fingerprint density at radius 3 is 2.46 bits per heavy atom. The lowest BCUT2D eigenvalue weighted by Crippen LogP contribution is -2.25. The van der Waals surface area contributed by atoms with E-state index >= 15 is 0 Å². The first-order valence-corrected chi connectivity index (χ1v) is 8.42. The number of carbonyl (C=O) groups excluding carboxylic acids is 2. The zero-order chi connectivity index (χ0) is 20.4. The molecule has 0 bridgehead atoms. The maximum Gasteiger partial charge on any atom is 0.308 e. The summed E-state index contributed by atoms with van der Waals surface area (Å²) in [6, 6.07) is 10.2. The molecule has 0 N–H and O–H groups in total. The highest BCUT2D eigenvalue weighted by Gasteiger charge is 2.34. The molecule has 0 fully saturated rings. The highest BCUT2D eigenvalue weighted by atomic mass is 35.5. The Labute approximate surface area is 164 Å². The molecule has 1 amide bonds. The summed E-state index contributed by atoms with van der Waals surface area (Å²) in [5.41, 5.74) is 0.571. The Morgan fingerprint density at radius 2 is 1.89 bits per heavy atom.